The van der Waals surface area contributed by atoms with Gasteiger partial charge >= 0.3 is 11.9 Å². The molecule has 0 aliphatic carbocycles. The molecule has 0 spiro atoms. The molecule has 0 amide bonds. The molecule has 0 fully saturated rings. The van der Waals surface area contributed by atoms with Gasteiger partial charge < -0.3 is 9.84 Å². The topological polar surface area (TPSA) is 80.7 Å². The second-order valence-electron chi connectivity index (χ2n) is 4.18. The average molecular weight is 276 g/mol. The summed E-state index contributed by atoms with van der Waals surface area (Å²) in [5, 5.41) is 8.66. The van der Waals surface area contributed by atoms with E-state index >= 15 is 0 Å². The zero-order valence-corrected chi connectivity index (χ0v) is 11.4. The number of Topliss-reactive ketones (excluding diaryl/α,β-unsaturated/α-hetero) is 1. The Morgan fingerprint density at radius 2 is 2.00 bits per heavy atom. The van der Waals surface area contributed by atoms with Crippen LogP contribution in [0.15, 0.2) is 24.3 Å². The summed E-state index contributed by atoms with van der Waals surface area (Å²) in [5.74, 6) is -1.62. The number of aliphatic carboxylic acids is 1. The van der Waals surface area contributed by atoms with Gasteiger partial charge in [-0.25, -0.2) is 9.59 Å². The number of carbonyl (C=O) groups is 3. The Labute approximate surface area is 116 Å². The van der Waals surface area contributed by atoms with Crippen LogP contribution in [0.5, 0.6) is 0 Å². The highest BCUT2D eigenvalue weighted by Gasteiger charge is 2.10. The van der Waals surface area contributed by atoms with Gasteiger partial charge in [0.05, 0.1) is 12.2 Å². The van der Waals surface area contributed by atoms with E-state index in [1.54, 1.807) is 19.1 Å². The van der Waals surface area contributed by atoms with Crippen LogP contribution in [-0.2, 0) is 20.7 Å². The zero-order chi connectivity index (χ0) is 15.1. The minimum Gasteiger partial charge on any atom is -0.478 e. The standard InChI is InChI=1S/C15H16O5/c1-3-20-15(19)13-5-4-11(8-10(2)16)12(9-13)6-7-14(17)18/h4-7,9H,3,8H2,1-2H3,(H,17,18)/b7-6+. The van der Waals surface area contributed by atoms with Gasteiger partial charge in [0, 0.05) is 12.5 Å². The first-order chi connectivity index (χ1) is 9.43. The van der Waals surface area contributed by atoms with Gasteiger partial charge in [0.25, 0.3) is 0 Å². The smallest absolute Gasteiger partial charge is 0.338 e. The van der Waals surface area contributed by atoms with Crippen molar-refractivity contribution in [1.29, 1.82) is 0 Å². The number of carbonyl (C=O) groups excluding carboxylic acids is 2. The first-order valence-corrected chi connectivity index (χ1v) is 6.14. The number of hydrogen-bond donors (Lipinski definition) is 1. The third kappa shape index (κ3) is 4.68. The minimum atomic E-state index is -1.10. The van der Waals surface area contributed by atoms with Crippen LogP contribution in [0.4, 0.5) is 0 Å². The maximum atomic E-state index is 11.6. The molecule has 0 aliphatic rings. The van der Waals surface area contributed by atoms with Crippen LogP contribution in [0.3, 0.4) is 0 Å². The van der Waals surface area contributed by atoms with E-state index in [9.17, 15) is 14.4 Å². The van der Waals surface area contributed by atoms with Gasteiger partial charge in [-0.1, -0.05) is 6.07 Å². The molecule has 1 aromatic rings. The lowest BCUT2D eigenvalue weighted by molar-refractivity contribution is -0.131. The summed E-state index contributed by atoms with van der Waals surface area (Å²) in [7, 11) is 0. The fourth-order valence-corrected chi connectivity index (χ4v) is 1.68. The van der Waals surface area contributed by atoms with Crippen molar-refractivity contribution in [2.24, 2.45) is 0 Å². The van der Waals surface area contributed by atoms with Crippen LogP contribution < -0.4 is 0 Å². The number of carboxylic acids is 1. The van der Waals surface area contributed by atoms with Gasteiger partial charge in [0.1, 0.15) is 5.78 Å². The molecule has 0 bridgehead atoms. The summed E-state index contributed by atoms with van der Waals surface area (Å²) in [6, 6.07) is 4.72. The van der Waals surface area contributed by atoms with E-state index in [1.807, 2.05) is 0 Å². The monoisotopic (exact) mass is 276 g/mol. The van der Waals surface area contributed by atoms with Crippen molar-refractivity contribution in [3.8, 4) is 0 Å². The van der Waals surface area contributed by atoms with Gasteiger partial charge in [-0.15, -0.1) is 0 Å². The normalized spacial score (nSPS) is 10.5. The van der Waals surface area contributed by atoms with Crippen LogP contribution in [0.1, 0.15) is 35.3 Å². The molecule has 0 aliphatic heterocycles. The third-order valence-electron chi connectivity index (χ3n) is 2.50. The lowest BCUT2D eigenvalue weighted by Gasteiger charge is -2.07. The number of esters is 1. The van der Waals surface area contributed by atoms with Crippen molar-refractivity contribution in [2.45, 2.75) is 20.3 Å². The number of hydrogen-bond acceptors (Lipinski definition) is 4. The SMILES string of the molecule is CCOC(=O)c1ccc(CC(C)=O)c(/C=C/C(=O)O)c1. The molecule has 1 N–H and O–H groups in total. The van der Waals surface area contributed by atoms with Crippen LogP contribution in [0.2, 0.25) is 0 Å². The lowest BCUT2D eigenvalue weighted by atomic mass is 9.99. The van der Waals surface area contributed by atoms with E-state index in [-0.39, 0.29) is 18.8 Å². The maximum absolute atomic E-state index is 11.6. The number of benzene rings is 1. The van der Waals surface area contributed by atoms with Crippen molar-refractivity contribution in [1.82, 2.24) is 0 Å². The molecule has 5 heteroatoms. The maximum Gasteiger partial charge on any atom is 0.338 e. The Kier molecular flexibility index (Phi) is 5.65. The highest BCUT2D eigenvalue weighted by Crippen LogP contribution is 2.16. The third-order valence-corrected chi connectivity index (χ3v) is 2.50. The lowest BCUT2D eigenvalue weighted by Crippen LogP contribution is -2.06. The second-order valence-corrected chi connectivity index (χ2v) is 4.18. The van der Waals surface area contributed by atoms with Crippen molar-refractivity contribution < 1.29 is 24.2 Å². The molecular formula is C15H16O5. The summed E-state index contributed by atoms with van der Waals surface area (Å²) in [6.45, 7) is 3.41. The number of rotatable bonds is 6. The van der Waals surface area contributed by atoms with E-state index in [0.29, 0.717) is 16.7 Å². The molecule has 106 valence electrons. The minimum absolute atomic E-state index is 0.0427. The van der Waals surface area contributed by atoms with Gasteiger partial charge in [-0.2, -0.15) is 0 Å². The summed E-state index contributed by atoms with van der Waals surface area (Å²) < 4.78 is 4.88. The van der Waals surface area contributed by atoms with Gasteiger partial charge in [-0.05, 0) is 43.2 Å². The van der Waals surface area contributed by atoms with Crippen LogP contribution in [0, 0.1) is 0 Å². The number of carboxylic acid groups (broad SMARTS) is 1. The molecule has 0 saturated carbocycles. The van der Waals surface area contributed by atoms with Crippen molar-refractivity contribution in [3.05, 3.63) is 41.0 Å². The zero-order valence-electron chi connectivity index (χ0n) is 11.4. The molecule has 0 atom stereocenters. The van der Waals surface area contributed by atoms with Crippen LogP contribution in [-0.4, -0.2) is 29.4 Å². The molecule has 0 saturated heterocycles. The fraction of sp³-hybridized carbons (Fsp3) is 0.267. The first kappa shape index (κ1) is 15.6. The first-order valence-electron chi connectivity index (χ1n) is 6.14. The fourth-order valence-electron chi connectivity index (χ4n) is 1.68. The molecule has 5 nitrogen and oxygen atoms in total. The van der Waals surface area contributed by atoms with Crippen LogP contribution >= 0.6 is 0 Å². The Morgan fingerprint density at radius 1 is 1.30 bits per heavy atom. The molecule has 0 heterocycles. The number of ketones is 1. The molecule has 0 aromatic heterocycles. The van der Waals surface area contributed by atoms with E-state index in [2.05, 4.69) is 0 Å². The highest BCUT2D eigenvalue weighted by molar-refractivity contribution is 5.92. The Morgan fingerprint density at radius 3 is 2.55 bits per heavy atom. The summed E-state index contributed by atoms with van der Waals surface area (Å²) in [5.41, 5.74) is 1.51. The van der Waals surface area contributed by atoms with Gasteiger partial charge in [0.2, 0.25) is 0 Å². The molecular weight excluding hydrogens is 260 g/mol. The Balaban J connectivity index is 3.16. The largest absolute Gasteiger partial charge is 0.478 e. The van der Waals surface area contributed by atoms with E-state index < -0.39 is 11.9 Å². The molecule has 1 rings (SSSR count). The second kappa shape index (κ2) is 7.23. The predicted molar refractivity (Wildman–Crippen MR) is 73.5 cm³/mol. The highest BCUT2D eigenvalue weighted by atomic mass is 16.5. The summed E-state index contributed by atoms with van der Waals surface area (Å²) in [6.07, 6.45) is 2.51. The Bertz CT molecular complexity index is 557. The van der Waals surface area contributed by atoms with Crippen molar-refractivity contribution >= 4 is 23.8 Å². The average Bonchev–Trinajstić information content (AvgIpc) is 2.37. The molecule has 20 heavy (non-hydrogen) atoms. The van der Waals surface area contributed by atoms with Crippen molar-refractivity contribution in [3.63, 3.8) is 0 Å². The van der Waals surface area contributed by atoms with E-state index in [4.69, 9.17) is 9.84 Å². The Hall–Kier alpha value is -2.43. The van der Waals surface area contributed by atoms with Crippen LogP contribution in [0.25, 0.3) is 6.08 Å². The molecule has 0 radical (unpaired) electrons. The van der Waals surface area contributed by atoms with Crippen molar-refractivity contribution in [2.75, 3.05) is 6.61 Å². The summed E-state index contributed by atoms with van der Waals surface area (Å²) in [4.78, 5) is 33.4. The van der Waals surface area contributed by atoms with E-state index in [1.165, 1.54) is 19.1 Å². The quantitative estimate of drug-likeness (QED) is 0.635. The number of ether oxygens (including phenoxy) is 1. The van der Waals surface area contributed by atoms with E-state index in [0.717, 1.165) is 6.08 Å². The molecule has 0 unspecified atom stereocenters. The summed E-state index contributed by atoms with van der Waals surface area (Å²) >= 11 is 0. The van der Waals surface area contributed by atoms with Gasteiger partial charge in [-0.3, -0.25) is 4.79 Å². The molecule has 1 aromatic carbocycles. The van der Waals surface area contributed by atoms with Gasteiger partial charge in [0.15, 0.2) is 0 Å². The predicted octanol–water partition coefficient (Wildman–Crippen LogP) is 2.09.